The second-order valence-electron chi connectivity index (χ2n) is 5.04. The van der Waals surface area contributed by atoms with E-state index in [1.807, 2.05) is 4.90 Å². The molecule has 5 heteroatoms. The SMILES string of the molecule is COC(=O)C1CCN(C(=O)C2CCCOC2)CC1. The fourth-order valence-electron chi connectivity index (χ4n) is 2.70. The number of hydrogen-bond donors (Lipinski definition) is 0. The van der Waals surface area contributed by atoms with Gasteiger partial charge in [-0.05, 0) is 25.7 Å². The molecule has 2 saturated heterocycles. The Morgan fingerprint density at radius 3 is 2.44 bits per heavy atom. The van der Waals surface area contributed by atoms with E-state index in [9.17, 15) is 9.59 Å². The Hall–Kier alpha value is -1.10. The molecule has 1 amide bonds. The zero-order valence-electron chi connectivity index (χ0n) is 10.9. The first kappa shape index (κ1) is 13.3. The molecule has 2 aliphatic heterocycles. The van der Waals surface area contributed by atoms with Gasteiger partial charge >= 0.3 is 5.97 Å². The van der Waals surface area contributed by atoms with Gasteiger partial charge in [-0.25, -0.2) is 0 Å². The third-order valence-corrected chi connectivity index (χ3v) is 3.85. The average molecular weight is 255 g/mol. The minimum atomic E-state index is -0.150. The van der Waals surface area contributed by atoms with Crippen molar-refractivity contribution in [2.75, 3.05) is 33.4 Å². The van der Waals surface area contributed by atoms with Crippen molar-refractivity contribution < 1.29 is 19.1 Å². The molecule has 2 fully saturated rings. The number of carbonyl (C=O) groups is 2. The Labute approximate surface area is 107 Å². The molecule has 0 aromatic heterocycles. The first-order valence-electron chi connectivity index (χ1n) is 6.66. The molecule has 0 saturated carbocycles. The Bertz CT molecular complexity index is 304. The zero-order chi connectivity index (χ0) is 13.0. The molecule has 0 spiro atoms. The van der Waals surface area contributed by atoms with Crippen LogP contribution in [-0.4, -0.2) is 50.2 Å². The number of hydrogen-bond acceptors (Lipinski definition) is 4. The van der Waals surface area contributed by atoms with Crippen molar-refractivity contribution in [1.82, 2.24) is 4.90 Å². The van der Waals surface area contributed by atoms with E-state index in [1.54, 1.807) is 0 Å². The molecule has 0 bridgehead atoms. The van der Waals surface area contributed by atoms with Crippen molar-refractivity contribution in [2.24, 2.45) is 11.8 Å². The number of methoxy groups -OCH3 is 1. The number of nitrogens with zero attached hydrogens (tertiary/aromatic N) is 1. The standard InChI is InChI=1S/C13H21NO4/c1-17-13(16)10-4-6-14(7-5-10)12(15)11-3-2-8-18-9-11/h10-11H,2-9H2,1H3. The van der Waals surface area contributed by atoms with Crippen LogP contribution in [0.1, 0.15) is 25.7 Å². The number of piperidine rings is 1. The predicted octanol–water partition coefficient (Wildman–Crippen LogP) is 0.825. The van der Waals surface area contributed by atoms with Gasteiger partial charge in [-0.3, -0.25) is 9.59 Å². The van der Waals surface area contributed by atoms with E-state index in [4.69, 9.17) is 9.47 Å². The van der Waals surface area contributed by atoms with Gasteiger partial charge in [-0.15, -0.1) is 0 Å². The lowest BCUT2D eigenvalue weighted by Gasteiger charge is -2.34. The summed E-state index contributed by atoms with van der Waals surface area (Å²) in [7, 11) is 1.42. The maximum absolute atomic E-state index is 12.2. The van der Waals surface area contributed by atoms with Gasteiger partial charge in [0.15, 0.2) is 0 Å². The van der Waals surface area contributed by atoms with Crippen LogP contribution in [0.4, 0.5) is 0 Å². The van der Waals surface area contributed by atoms with Crippen LogP contribution in [0.25, 0.3) is 0 Å². The number of amides is 1. The number of rotatable bonds is 2. The summed E-state index contributed by atoms with van der Waals surface area (Å²) < 4.78 is 10.1. The Morgan fingerprint density at radius 2 is 1.89 bits per heavy atom. The monoisotopic (exact) mass is 255 g/mol. The third kappa shape index (κ3) is 3.02. The summed E-state index contributed by atoms with van der Waals surface area (Å²) in [4.78, 5) is 25.5. The molecule has 18 heavy (non-hydrogen) atoms. The number of esters is 1. The summed E-state index contributed by atoms with van der Waals surface area (Å²) in [5.41, 5.74) is 0. The van der Waals surface area contributed by atoms with E-state index in [0.717, 1.165) is 19.4 Å². The quantitative estimate of drug-likeness (QED) is 0.686. The average Bonchev–Trinajstić information content (AvgIpc) is 2.47. The molecule has 0 radical (unpaired) electrons. The lowest BCUT2D eigenvalue weighted by atomic mass is 9.94. The van der Waals surface area contributed by atoms with Crippen LogP contribution in [0.5, 0.6) is 0 Å². The van der Waals surface area contributed by atoms with Crippen LogP contribution in [0.2, 0.25) is 0 Å². The molecule has 0 aliphatic carbocycles. The van der Waals surface area contributed by atoms with E-state index >= 15 is 0 Å². The highest BCUT2D eigenvalue weighted by Gasteiger charge is 2.31. The summed E-state index contributed by atoms with van der Waals surface area (Å²) in [6, 6.07) is 0. The summed E-state index contributed by atoms with van der Waals surface area (Å²) in [5, 5.41) is 0. The van der Waals surface area contributed by atoms with Gasteiger partial charge < -0.3 is 14.4 Å². The molecule has 2 heterocycles. The number of carbonyl (C=O) groups excluding carboxylic acids is 2. The van der Waals surface area contributed by atoms with E-state index in [2.05, 4.69) is 0 Å². The third-order valence-electron chi connectivity index (χ3n) is 3.85. The van der Waals surface area contributed by atoms with Gasteiger partial charge in [0.25, 0.3) is 0 Å². The predicted molar refractivity (Wildman–Crippen MR) is 64.9 cm³/mol. The highest BCUT2D eigenvalue weighted by molar-refractivity contribution is 5.79. The van der Waals surface area contributed by atoms with Crippen LogP contribution in [0, 0.1) is 11.8 Å². The van der Waals surface area contributed by atoms with Gasteiger partial charge in [0.1, 0.15) is 0 Å². The minimum Gasteiger partial charge on any atom is -0.469 e. The lowest BCUT2D eigenvalue weighted by molar-refractivity contribution is -0.150. The number of likely N-dealkylation sites (tertiary alicyclic amines) is 1. The second kappa shape index (κ2) is 6.18. The molecular formula is C13H21NO4. The topological polar surface area (TPSA) is 55.8 Å². The van der Waals surface area contributed by atoms with Gasteiger partial charge in [-0.2, -0.15) is 0 Å². The summed E-state index contributed by atoms with van der Waals surface area (Å²) >= 11 is 0. The normalized spacial score (nSPS) is 25.8. The fraction of sp³-hybridized carbons (Fsp3) is 0.846. The maximum Gasteiger partial charge on any atom is 0.308 e. The van der Waals surface area contributed by atoms with Gasteiger partial charge in [0, 0.05) is 19.7 Å². The van der Waals surface area contributed by atoms with Gasteiger partial charge in [0.05, 0.1) is 25.6 Å². The molecule has 0 N–H and O–H groups in total. The molecule has 2 aliphatic rings. The van der Waals surface area contributed by atoms with Gasteiger partial charge in [-0.1, -0.05) is 0 Å². The van der Waals surface area contributed by atoms with E-state index in [-0.39, 0.29) is 23.7 Å². The van der Waals surface area contributed by atoms with Crippen molar-refractivity contribution in [3.05, 3.63) is 0 Å². The summed E-state index contributed by atoms with van der Waals surface area (Å²) in [5.74, 6) is 0.0243. The van der Waals surface area contributed by atoms with Crippen molar-refractivity contribution in [2.45, 2.75) is 25.7 Å². The lowest BCUT2D eigenvalue weighted by Crippen LogP contribution is -2.45. The summed E-state index contributed by atoms with van der Waals surface area (Å²) in [6.45, 7) is 2.65. The molecule has 5 nitrogen and oxygen atoms in total. The Kier molecular flexibility index (Phi) is 4.58. The molecule has 1 atom stereocenters. The molecule has 0 aromatic rings. The van der Waals surface area contributed by atoms with Crippen LogP contribution < -0.4 is 0 Å². The zero-order valence-corrected chi connectivity index (χ0v) is 10.9. The molecule has 1 unspecified atom stereocenters. The first-order valence-corrected chi connectivity index (χ1v) is 6.66. The molecule has 102 valence electrons. The van der Waals surface area contributed by atoms with Crippen molar-refractivity contribution in [1.29, 1.82) is 0 Å². The van der Waals surface area contributed by atoms with Crippen LogP contribution in [0.15, 0.2) is 0 Å². The molecular weight excluding hydrogens is 234 g/mol. The van der Waals surface area contributed by atoms with E-state index < -0.39 is 0 Å². The minimum absolute atomic E-state index is 0.0217. The highest BCUT2D eigenvalue weighted by atomic mass is 16.5. The van der Waals surface area contributed by atoms with E-state index in [1.165, 1.54) is 7.11 Å². The Morgan fingerprint density at radius 1 is 1.17 bits per heavy atom. The first-order chi connectivity index (χ1) is 8.72. The molecule has 0 aromatic carbocycles. The largest absolute Gasteiger partial charge is 0.469 e. The molecule has 2 rings (SSSR count). The second-order valence-corrected chi connectivity index (χ2v) is 5.04. The highest BCUT2D eigenvalue weighted by Crippen LogP contribution is 2.22. The fourth-order valence-corrected chi connectivity index (χ4v) is 2.70. The maximum atomic E-state index is 12.2. The van der Waals surface area contributed by atoms with Crippen molar-refractivity contribution >= 4 is 11.9 Å². The summed E-state index contributed by atoms with van der Waals surface area (Å²) in [6.07, 6.45) is 3.32. The van der Waals surface area contributed by atoms with Crippen molar-refractivity contribution in [3.8, 4) is 0 Å². The van der Waals surface area contributed by atoms with Crippen LogP contribution in [0.3, 0.4) is 0 Å². The van der Waals surface area contributed by atoms with Gasteiger partial charge in [0.2, 0.25) is 5.91 Å². The smallest absolute Gasteiger partial charge is 0.308 e. The van der Waals surface area contributed by atoms with Crippen LogP contribution in [-0.2, 0) is 19.1 Å². The van der Waals surface area contributed by atoms with E-state index in [0.29, 0.717) is 32.5 Å². The Balaban J connectivity index is 1.81. The number of ether oxygens (including phenoxy) is 2. The van der Waals surface area contributed by atoms with Crippen LogP contribution >= 0.6 is 0 Å². The van der Waals surface area contributed by atoms with Crippen molar-refractivity contribution in [3.63, 3.8) is 0 Å².